The number of pyridine rings is 1. The number of anilines is 2. The van der Waals surface area contributed by atoms with Crippen molar-refractivity contribution in [2.45, 2.75) is 4.90 Å². The fourth-order valence-corrected chi connectivity index (χ4v) is 3.61. The van der Waals surface area contributed by atoms with Crippen molar-refractivity contribution in [3.05, 3.63) is 84.7 Å². The zero-order valence-corrected chi connectivity index (χ0v) is 14.8. The molecule has 1 amide bonds. The minimum atomic E-state index is -3.78. The first-order chi connectivity index (χ1) is 12.5. The molecule has 3 rings (SSSR count). The minimum Gasteiger partial charge on any atom is -0.321 e. The molecule has 0 aliphatic rings. The largest absolute Gasteiger partial charge is 0.321 e. The molecule has 0 saturated carbocycles. The van der Waals surface area contributed by atoms with Gasteiger partial charge in [-0.25, -0.2) is 8.42 Å². The van der Waals surface area contributed by atoms with Crippen LogP contribution >= 0.6 is 0 Å². The number of sulfonamides is 1. The summed E-state index contributed by atoms with van der Waals surface area (Å²) in [7, 11) is -2.30. The van der Waals surface area contributed by atoms with Gasteiger partial charge in [0.15, 0.2) is 0 Å². The van der Waals surface area contributed by atoms with E-state index < -0.39 is 15.9 Å². The molecule has 0 aliphatic heterocycles. The number of para-hydroxylation sites is 1. The van der Waals surface area contributed by atoms with E-state index in [1.54, 1.807) is 54.7 Å². The Morgan fingerprint density at radius 2 is 1.77 bits per heavy atom. The van der Waals surface area contributed by atoms with Gasteiger partial charge in [-0.3, -0.25) is 14.1 Å². The van der Waals surface area contributed by atoms with Crippen molar-refractivity contribution in [3.63, 3.8) is 0 Å². The lowest BCUT2D eigenvalue weighted by Gasteiger charge is -2.19. The summed E-state index contributed by atoms with van der Waals surface area (Å²) in [6.07, 6.45) is 3.12. The summed E-state index contributed by atoms with van der Waals surface area (Å²) in [5, 5.41) is 2.69. The number of carbonyl (C=O) groups excluding carboxylic acids is 1. The van der Waals surface area contributed by atoms with Gasteiger partial charge < -0.3 is 5.32 Å². The van der Waals surface area contributed by atoms with E-state index in [4.69, 9.17) is 0 Å². The van der Waals surface area contributed by atoms with Crippen molar-refractivity contribution >= 4 is 27.3 Å². The molecule has 7 heteroatoms. The van der Waals surface area contributed by atoms with Gasteiger partial charge in [0, 0.05) is 18.8 Å². The van der Waals surface area contributed by atoms with Crippen LogP contribution in [0.2, 0.25) is 0 Å². The number of rotatable bonds is 5. The number of benzene rings is 2. The maximum Gasteiger partial charge on any atom is 0.264 e. The summed E-state index contributed by atoms with van der Waals surface area (Å²) in [6.45, 7) is 0. The van der Waals surface area contributed by atoms with Crippen molar-refractivity contribution < 1.29 is 13.2 Å². The Labute approximate surface area is 152 Å². The van der Waals surface area contributed by atoms with Crippen LogP contribution in [0.4, 0.5) is 11.4 Å². The Balaban J connectivity index is 1.88. The molecule has 0 unspecified atom stereocenters. The number of nitrogens with one attached hydrogen (secondary N) is 1. The number of hydrogen-bond acceptors (Lipinski definition) is 4. The second kappa shape index (κ2) is 7.37. The van der Waals surface area contributed by atoms with E-state index in [0.717, 1.165) is 0 Å². The summed E-state index contributed by atoms with van der Waals surface area (Å²) in [5.41, 5.74) is 1.32. The Hall–Kier alpha value is -3.19. The van der Waals surface area contributed by atoms with Gasteiger partial charge in [-0.15, -0.1) is 0 Å². The monoisotopic (exact) mass is 367 g/mol. The predicted molar refractivity (Wildman–Crippen MR) is 101 cm³/mol. The zero-order valence-electron chi connectivity index (χ0n) is 14.0. The predicted octanol–water partition coefficient (Wildman–Crippen LogP) is 3.16. The van der Waals surface area contributed by atoms with Crippen LogP contribution in [0, 0.1) is 0 Å². The van der Waals surface area contributed by atoms with Crippen molar-refractivity contribution in [3.8, 4) is 0 Å². The highest BCUT2D eigenvalue weighted by Crippen LogP contribution is 2.22. The molecule has 0 aliphatic carbocycles. The SMILES string of the molecule is CN(c1ccccc1)S(=O)(=O)c1cccc(C(=O)Nc2cccnc2)c1. The molecule has 0 saturated heterocycles. The summed E-state index contributed by atoms with van der Waals surface area (Å²) in [4.78, 5) is 16.4. The molecule has 0 bridgehead atoms. The van der Waals surface area contributed by atoms with Crippen LogP contribution in [0.3, 0.4) is 0 Å². The molecule has 0 fully saturated rings. The number of amides is 1. The maximum atomic E-state index is 12.8. The number of nitrogens with zero attached hydrogens (tertiary/aromatic N) is 2. The second-order valence-electron chi connectivity index (χ2n) is 5.53. The van der Waals surface area contributed by atoms with Gasteiger partial charge in [0.2, 0.25) is 0 Å². The highest BCUT2D eigenvalue weighted by Gasteiger charge is 2.22. The van der Waals surface area contributed by atoms with E-state index in [1.165, 1.54) is 29.7 Å². The third-order valence-electron chi connectivity index (χ3n) is 3.79. The number of aromatic nitrogens is 1. The van der Waals surface area contributed by atoms with Crippen molar-refractivity contribution in [2.24, 2.45) is 0 Å². The molecule has 2 aromatic carbocycles. The average molecular weight is 367 g/mol. The van der Waals surface area contributed by atoms with Crippen LogP contribution in [-0.2, 0) is 10.0 Å². The van der Waals surface area contributed by atoms with Crippen LogP contribution < -0.4 is 9.62 Å². The van der Waals surface area contributed by atoms with Crippen LogP contribution in [0.5, 0.6) is 0 Å². The molecule has 26 heavy (non-hydrogen) atoms. The lowest BCUT2D eigenvalue weighted by atomic mass is 10.2. The van der Waals surface area contributed by atoms with Crippen molar-refractivity contribution in [1.82, 2.24) is 4.98 Å². The Kier molecular flexibility index (Phi) is 4.99. The molecule has 1 aromatic heterocycles. The fourth-order valence-electron chi connectivity index (χ4n) is 2.37. The molecule has 1 N–H and O–H groups in total. The van der Waals surface area contributed by atoms with Gasteiger partial charge in [0.05, 0.1) is 22.5 Å². The Morgan fingerprint density at radius 3 is 2.46 bits per heavy atom. The Morgan fingerprint density at radius 1 is 1.00 bits per heavy atom. The highest BCUT2D eigenvalue weighted by molar-refractivity contribution is 7.92. The van der Waals surface area contributed by atoms with E-state index in [-0.39, 0.29) is 10.5 Å². The fraction of sp³-hybridized carbons (Fsp3) is 0.0526. The van der Waals surface area contributed by atoms with Crippen LogP contribution in [0.15, 0.2) is 84.0 Å². The van der Waals surface area contributed by atoms with E-state index in [1.807, 2.05) is 6.07 Å². The van der Waals surface area contributed by atoms with E-state index in [2.05, 4.69) is 10.3 Å². The highest BCUT2D eigenvalue weighted by atomic mass is 32.2. The van der Waals surface area contributed by atoms with Gasteiger partial charge in [0.25, 0.3) is 15.9 Å². The quantitative estimate of drug-likeness (QED) is 0.751. The lowest BCUT2D eigenvalue weighted by molar-refractivity contribution is 0.102. The van der Waals surface area contributed by atoms with Gasteiger partial charge in [-0.1, -0.05) is 24.3 Å². The van der Waals surface area contributed by atoms with Crippen LogP contribution in [0.1, 0.15) is 10.4 Å². The minimum absolute atomic E-state index is 0.0442. The standard InChI is InChI=1S/C19H17N3O3S/c1-22(17-9-3-2-4-10-17)26(24,25)18-11-5-7-15(13-18)19(23)21-16-8-6-12-20-14-16/h2-14H,1H3,(H,21,23). The maximum absolute atomic E-state index is 12.8. The van der Waals surface area contributed by atoms with Gasteiger partial charge in [0.1, 0.15) is 0 Å². The molecule has 1 heterocycles. The third kappa shape index (κ3) is 3.73. The molecule has 132 valence electrons. The molecule has 0 radical (unpaired) electrons. The second-order valence-corrected chi connectivity index (χ2v) is 7.50. The summed E-state index contributed by atoms with van der Waals surface area (Å²) >= 11 is 0. The smallest absolute Gasteiger partial charge is 0.264 e. The molecule has 0 spiro atoms. The van der Waals surface area contributed by atoms with Gasteiger partial charge in [-0.05, 0) is 42.5 Å². The number of hydrogen-bond donors (Lipinski definition) is 1. The van der Waals surface area contributed by atoms with Crippen molar-refractivity contribution in [2.75, 3.05) is 16.7 Å². The van der Waals surface area contributed by atoms with Crippen molar-refractivity contribution in [1.29, 1.82) is 0 Å². The van der Waals surface area contributed by atoms with Gasteiger partial charge >= 0.3 is 0 Å². The molecular formula is C19H17N3O3S. The lowest BCUT2D eigenvalue weighted by Crippen LogP contribution is -2.26. The summed E-state index contributed by atoms with van der Waals surface area (Å²) < 4.78 is 26.9. The first-order valence-electron chi connectivity index (χ1n) is 7.84. The topological polar surface area (TPSA) is 79.4 Å². The van der Waals surface area contributed by atoms with Gasteiger partial charge in [-0.2, -0.15) is 0 Å². The van der Waals surface area contributed by atoms with E-state index >= 15 is 0 Å². The van der Waals surface area contributed by atoms with Crippen LogP contribution in [-0.4, -0.2) is 26.4 Å². The first-order valence-corrected chi connectivity index (χ1v) is 9.28. The molecule has 3 aromatic rings. The zero-order chi connectivity index (χ0) is 18.6. The first kappa shape index (κ1) is 17.6. The Bertz CT molecular complexity index is 1010. The normalized spacial score (nSPS) is 11.0. The number of carbonyl (C=O) groups is 1. The van der Waals surface area contributed by atoms with Crippen LogP contribution in [0.25, 0.3) is 0 Å². The molecule has 6 nitrogen and oxygen atoms in total. The van der Waals surface area contributed by atoms with E-state index in [0.29, 0.717) is 11.4 Å². The summed E-state index contributed by atoms with van der Waals surface area (Å²) in [5.74, 6) is -0.405. The third-order valence-corrected chi connectivity index (χ3v) is 5.58. The average Bonchev–Trinajstić information content (AvgIpc) is 2.69. The summed E-state index contributed by atoms with van der Waals surface area (Å²) in [6, 6.07) is 18.1. The molecular weight excluding hydrogens is 350 g/mol. The molecule has 0 atom stereocenters. The van der Waals surface area contributed by atoms with E-state index in [9.17, 15) is 13.2 Å².